The van der Waals surface area contributed by atoms with E-state index in [2.05, 4.69) is 30.5 Å². The molecule has 0 aliphatic carbocycles. The van der Waals surface area contributed by atoms with Crippen molar-refractivity contribution < 1.29 is 9.47 Å². The number of rotatable bonds is 4. The highest BCUT2D eigenvalue weighted by Crippen LogP contribution is 2.35. The van der Waals surface area contributed by atoms with Crippen molar-refractivity contribution in [3.63, 3.8) is 0 Å². The number of hydrogen-bond donors (Lipinski definition) is 0. The van der Waals surface area contributed by atoms with Crippen LogP contribution in [0.5, 0.6) is 5.75 Å². The molecule has 3 heteroatoms. The van der Waals surface area contributed by atoms with Crippen molar-refractivity contribution in [3.8, 4) is 5.75 Å². The lowest BCUT2D eigenvalue weighted by Gasteiger charge is -2.33. The van der Waals surface area contributed by atoms with E-state index in [9.17, 15) is 0 Å². The maximum absolute atomic E-state index is 5.65. The zero-order valence-corrected chi connectivity index (χ0v) is 10.5. The van der Waals surface area contributed by atoms with Gasteiger partial charge in [0.2, 0.25) is 0 Å². The molecule has 1 heterocycles. The van der Waals surface area contributed by atoms with Crippen LogP contribution in [-0.2, 0) is 4.74 Å². The minimum atomic E-state index is 0.558. The van der Waals surface area contributed by atoms with Gasteiger partial charge in [-0.1, -0.05) is 12.6 Å². The van der Waals surface area contributed by atoms with Gasteiger partial charge in [-0.05, 0) is 31.5 Å². The van der Waals surface area contributed by atoms with Crippen molar-refractivity contribution in [3.05, 3.63) is 36.0 Å². The van der Waals surface area contributed by atoms with Crippen LogP contribution in [0.4, 0.5) is 5.69 Å². The van der Waals surface area contributed by atoms with Crippen LogP contribution in [0.25, 0.3) is 0 Å². The van der Waals surface area contributed by atoms with Crippen LogP contribution in [0.15, 0.2) is 30.5 Å². The summed E-state index contributed by atoms with van der Waals surface area (Å²) in [6.45, 7) is 11.0. The summed E-state index contributed by atoms with van der Waals surface area (Å²) in [5.41, 5.74) is 3.31. The first kappa shape index (κ1) is 12.0. The molecule has 0 radical (unpaired) electrons. The monoisotopic (exact) mass is 233 g/mol. The molecule has 0 bridgehead atoms. The third-order valence-electron chi connectivity index (χ3n) is 2.84. The summed E-state index contributed by atoms with van der Waals surface area (Å²) in [6.07, 6.45) is 0. The standard InChI is InChI=1S/C14H19NO2/c1-4-16-8-7-15-12(3)10-17-14-6-5-11(2)9-13(14)15/h5-6,9H,3-4,7-8,10H2,1-2H3. The van der Waals surface area contributed by atoms with Gasteiger partial charge in [-0.2, -0.15) is 0 Å². The van der Waals surface area contributed by atoms with Crippen molar-refractivity contribution >= 4 is 5.69 Å². The summed E-state index contributed by atoms with van der Waals surface area (Å²) in [7, 11) is 0. The van der Waals surface area contributed by atoms with Crippen LogP contribution in [0.1, 0.15) is 12.5 Å². The Kier molecular flexibility index (Phi) is 3.69. The van der Waals surface area contributed by atoms with Gasteiger partial charge in [-0.15, -0.1) is 0 Å². The Morgan fingerprint density at radius 3 is 3.06 bits per heavy atom. The fourth-order valence-corrected chi connectivity index (χ4v) is 1.95. The minimum Gasteiger partial charge on any atom is -0.485 e. The maximum Gasteiger partial charge on any atom is 0.143 e. The molecule has 17 heavy (non-hydrogen) atoms. The molecular weight excluding hydrogens is 214 g/mol. The average molecular weight is 233 g/mol. The van der Waals surface area contributed by atoms with Crippen molar-refractivity contribution in [2.45, 2.75) is 13.8 Å². The van der Waals surface area contributed by atoms with Gasteiger partial charge in [0.25, 0.3) is 0 Å². The Bertz CT molecular complexity index is 415. The highest BCUT2D eigenvalue weighted by atomic mass is 16.5. The average Bonchev–Trinajstić information content (AvgIpc) is 2.32. The molecule has 0 unspecified atom stereocenters. The number of aryl methyl sites for hydroxylation is 1. The van der Waals surface area contributed by atoms with Gasteiger partial charge < -0.3 is 14.4 Å². The van der Waals surface area contributed by atoms with Crippen molar-refractivity contribution in [1.29, 1.82) is 0 Å². The molecule has 92 valence electrons. The molecular formula is C14H19NO2. The molecule has 0 aromatic heterocycles. The zero-order chi connectivity index (χ0) is 12.3. The van der Waals surface area contributed by atoms with Crippen LogP contribution in [0.2, 0.25) is 0 Å². The smallest absolute Gasteiger partial charge is 0.143 e. The van der Waals surface area contributed by atoms with Crippen molar-refractivity contribution in [2.75, 3.05) is 31.3 Å². The molecule has 1 aromatic rings. The zero-order valence-electron chi connectivity index (χ0n) is 10.5. The lowest BCUT2D eigenvalue weighted by Crippen LogP contribution is -2.32. The fourth-order valence-electron chi connectivity index (χ4n) is 1.95. The minimum absolute atomic E-state index is 0.558. The van der Waals surface area contributed by atoms with Crippen LogP contribution in [0, 0.1) is 6.92 Å². The molecule has 0 atom stereocenters. The van der Waals surface area contributed by atoms with Gasteiger partial charge in [0.15, 0.2) is 0 Å². The molecule has 0 amide bonds. The maximum atomic E-state index is 5.65. The van der Waals surface area contributed by atoms with E-state index >= 15 is 0 Å². The topological polar surface area (TPSA) is 21.7 Å². The molecule has 0 saturated carbocycles. The first-order chi connectivity index (χ1) is 8.22. The van der Waals surface area contributed by atoms with Gasteiger partial charge in [-0.3, -0.25) is 0 Å². The molecule has 0 fully saturated rings. The highest BCUT2D eigenvalue weighted by Gasteiger charge is 2.20. The van der Waals surface area contributed by atoms with Gasteiger partial charge in [0.05, 0.1) is 12.3 Å². The Balaban J connectivity index is 2.20. The predicted molar refractivity (Wildman–Crippen MR) is 69.7 cm³/mol. The number of nitrogens with zero attached hydrogens (tertiary/aromatic N) is 1. The summed E-state index contributed by atoms with van der Waals surface area (Å²) in [5, 5.41) is 0. The molecule has 3 nitrogen and oxygen atoms in total. The van der Waals surface area contributed by atoms with Crippen LogP contribution in [-0.4, -0.2) is 26.4 Å². The Labute approximate surface area is 103 Å². The number of ether oxygens (including phenoxy) is 2. The van der Waals surface area contributed by atoms with Gasteiger partial charge in [0.1, 0.15) is 12.4 Å². The molecule has 1 aromatic carbocycles. The summed E-state index contributed by atoms with van der Waals surface area (Å²) >= 11 is 0. The van der Waals surface area contributed by atoms with Crippen molar-refractivity contribution in [1.82, 2.24) is 0 Å². The summed E-state index contributed by atoms with van der Waals surface area (Å²) in [4.78, 5) is 2.18. The molecule has 2 rings (SSSR count). The van der Waals surface area contributed by atoms with E-state index in [0.29, 0.717) is 13.2 Å². The lowest BCUT2D eigenvalue weighted by molar-refractivity contribution is 0.153. The van der Waals surface area contributed by atoms with Gasteiger partial charge in [0, 0.05) is 18.8 Å². The molecule has 0 N–H and O–H groups in total. The SMILES string of the molecule is C=C1COc2ccc(C)cc2N1CCOCC. The number of hydrogen-bond acceptors (Lipinski definition) is 3. The number of fused-ring (bicyclic) bond motifs is 1. The van der Waals surface area contributed by atoms with E-state index < -0.39 is 0 Å². The first-order valence-corrected chi connectivity index (χ1v) is 5.99. The van der Waals surface area contributed by atoms with Crippen molar-refractivity contribution in [2.24, 2.45) is 0 Å². The highest BCUT2D eigenvalue weighted by molar-refractivity contribution is 5.65. The lowest BCUT2D eigenvalue weighted by atomic mass is 10.1. The third kappa shape index (κ3) is 2.61. The second kappa shape index (κ2) is 5.23. The quantitative estimate of drug-likeness (QED) is 0.746. The second-order valence-electron chi connectivity index (χ2n) is 4.17. The number of anilines is 1. The van der Waals surface area contributed by atoms with Crippen LogP contribution in [0.3, 0.4) is 0 Å². The van der Waals surface area contributed by atoms with E-state index in [1.54, 1.807) is 0 Å². The molecule has 0 spiro atoms. The van der Waals surface area contributed by atoms with Crippen LogP contribution >= 0.6 is 0 Å². The van der Waals surface area contributed by atoms with E-state index in [1.165, 1.54) is 5.56 Å². The predicted octanol–water partition coefficient (Wildman–Crippen LogP) is 2.74. The van der Waals surface area contributed by atoms with E-state index in [-0.39, 0.29) is 0 Å². The van der Waals surface area contributed by atoms with E-state index in [4.69, 9.17) is 9.47 Å². The first-order valence-electron chi connectivity index (χ1n) is 5.99. The number of benzene rings is 1. The summed E-state index contributed by atoms with van der Waals surface area (Å²) in [6, 6.07) is 6.21. The summed E-state index contributed by atoms with van der Waals surface area (Å²) in [5.74, 6) is 0.930. The molecule has 1 aliphatic rings. The van der Waals surface area contributed by atoms with E-state index in [1.807, 2.05) is 13.0 Å². The Hall–Kier alpha value is -1.48. The third-order valence-corrected chi connectivity index (χ3v) is 2.84. The van der Waals surface area contributed by atoms with E-state index in [0.717, 1.165) is 30.3 Å². The fraction of sp³-hybridized carbons (Fsp3) is 0.429. The molecule has 0 saturated heterocycles. The van der Waals surface area contributed by atoms with Gasteiger partial charge >= 0.3 is 0 Å². The molecule has 1 aliphatic heterocycles. The Morgan fingerprint density at radius 2 is 2.29 bits per heavy atom. The normalized spacial score (nSPS) is 14.5. The van der Waals surface area contributed by atoms with Gasteiger partial charge in [-0.25, -0.2) is 0 Å². The largest absolute Gasteiger partial charge is 0.485 e. The van der Waals surface area contributed by atoms with Crippen LogP contribution < -0.4 is 9.64 Å². The Morgan fingerprint density at radius 1 is 1.47 bits per heavy atom. The summed E-state index contributed by atoms with van der Waals surface area (Å²) < 4.78 is 11.1. The second-order valence-corrected chi connectivity index (χ2v) is 4.17.